The van der Waals surface area contributed by atoms with E-state index in [2.05, 4.69) is 29.1 Å². The lowest BCUT2D eigenvalue weighted by molar-refractivity contribution is -0.118. The number of allylic oxidation sites excluding steroid dienone is 2. The topological polar surface area (TPSA) is 96.2 Å². The summed E-state index contributed by atoms with van der Waals surface area (Å²) in [4.78, 5) is 32.0. The summed E-state index contributed by atoms with van der Waals surface area (Å²) in [6.45, 7) is 8.03. The Morgan fingerprint density at radius 1 is 1.13 bits per heavy atom. The molecule has 1 aromatic carbocycles. The lowest BCUT2D eigenvalue weighted by Crippen LogP contribution is -2.36. The highest BCUT2D eigenvalue weighted by atomic mass is 32.1. The van der Waals surface area contributed by atoms with E-state index in [9.17, 15) is 9.59 Å². The van der Waals surface area contributed by atoms with Crippen molar-refractivity contribution in [2.75, 3.05) is 12.4 Å². The molecule has 0 radical (unpaired) electrons. The molecule has 7 nitrogen and oxygen atoms in total. The van der Waals surface area contributed by atoms with Gasteiger partial charge in [-0.2, -0.15) is 0 Å². The second-order valence-electron chi connectivity index (χ2n) is 9.17. The first-order valence-corrected chi connectivity index (χ1v) is 10.7. The molecular formula is C23H27N3O4S. The van der Waals surface area contributed by atoms with Crippen LogP contribution in [0.3, 0.4) is 0 Å². The highest BCUT2D eigenvalue weighted by molar-refractivity contribution is 7.71. The molecule has 0 spiro atoms. The van der Waals surface area contributed by atoms with Crippen LogP contribution >= 0.6 is 12.2 Å². The fourth-order valence-electron chi connectivity index (χ4n) is 4.49. The van der Waals surface area contributed by atoms with Crippen LogP contribution in [0.25, 0.3) is 0 Å². The van der Waals surface area contributed by atoms with Gasteiger partial charge in [-0.25, -0.2) is 0 Å². The van der Waals surface area contributed by atoms with E-state index in [0.717, 1.165) is 11.3 Å². The molecule has 0 saturated heterocycles. The number of anilines is 1. The van der Waals surface area contributed by atoms with Crippen LogP contribution in [0.5, 0.6) is 11.5 Å². The molecule has 4 rings (SSSR count). The van der Waals surface area contributed by atoms with Crippen molar-refractivity contribution in [1.29, 1.82) is 0 Å². The van der Waals surface area contributed by atoms with E-state index < -0.39 is 5.92 Å². The number of fused-ring (bicyclic) bond motifs is 1. The predicted octanol–water partition coefficient (Wildman–Crippen LogP) is 4.43. The average molecular weight is 442 g/mol. The molecule has 0 amide bonds. The molecule has 0 bridgehead atoms. The third kappa shape index (κ3) is 3.92. The fourth-order valence-corrected chi connectivity index (χ4v) is 4.69. The molecule has 1 aliphatic heterocycles. The number of carbonyl (C=O) groups is 1. The zero-order chi connectivity index (χ0) is 22.5. The number of methoxy groups -OCH3 is 1. The molecule has 0 saturated carbocycles. The maximum Gasteiger partial charge on any atom is 0.257 e. The van der Waals surface area contributed by atoms with Gasteiger partial charge in [-0.3, -0.25) is 14.6 Å². The van der Waals surface area contributed by atoms with E-state index in [4.69, 9.17) is 21.7 Å². The standard InChI is InChI=1S/C23H27N3O4S/c1-11(2)30-15-7-6-12(8-16(15)29-5)17-18-13(9-23(3,4)10-14(18)27)24-20-19(17)21(28)26-22(31)25-20/h6-8,11,17H,9-10H2,1-5H3,(H3,24,25,26,28,31)/t17-/m1/s1. The Kier molecular flexibility index (Phi) is 5.29. The molecule has 2 aliphatic rings. The Morgan fingerprint density at radius 2 is 1.87 bits per heavy atom. The van der Waals surface area contributed by atoms with E-state index in [1.54, 1.807) is 7.11 Å². The van der Waals surface area contributed by atoms with Crippen molar-refractivity contribution in [3.8, 4) is 11.5 Å². The van der Waals surface area contributed by atoms with Crippen LogP contribution in [-0.4, -0.2) is 29.0 Å². The number of Topliss-reactive ketones (excluding diaryl/α,β-unsaturated/α-hetero) is 1. The third-order valence-corrected chi connectivity index (χ3v) is 5.84. The maximum atomic E-state index is 13.3. The summed E-state index contributed by atoms with van der Waals surface area (Å²) < 4.78 is 11.6. The summed E-state index contributed by atoms with van der Waals surface area (Å²) >= 11 is 5.18. The van der Waals surface area contributed by atoms with E-state index in [1.165, 1.54) is 0 Å². The molecular weight excluding hydrogens is 414 g/mol. The minimum absolute atomic E-state index is 0.0151. The van der Waals surface area contributed by atoms with Gasteiger partial charge in [0.05, 0.1) is 18.8 Å². The van der Waals surface area contributed by atoms with Crippen LogP contribution in [0, 0.1) is 10.2 Å². The smallest absolute Gasteiger partial charge is 0.257 e. The highest BCUT2D eigenvalue weighted by Crippen LogP contribution is 2.48. The number of ketones is 1. The van der Waals surface area contributed by atoms with Crippen molar-refractivity contribution in [1.82, 2.24) is 9.97 Å². The minimum Gasteiger partial charge on any atom is -0.493 e. The van der Waals surface area contributed by atoms with Crippen molar-refractivity contribution in [3.05, 3.63) is 55.7 Å². The molecule has 2 heterocycles. The van der Waals surface area contributed by atoms with Gasteiger partial charge in [0.25, 0.3) is 5.56 Å². The van der Waals surface area contributed by atoms with Crippen LogP contribution in [0.2, 0.25) is 0 Å². The van der Waals surface area contributed by atoms with Crippen molar-refractivity contribution >= 4 is 23.8 Å². The monoisotopic (exact) mass is 441 g/mol. The summed E-state index contributed by atoms with van der Waals surface area (Å²) in [5.41, 5.74) is 2.20. The van der Waals surface area contributed by atoms with Gasteiger partial charge in [0.1, 0.15) is 5.82 Å². The molecule has 1 aromatic heterocycles. The lowest BCUT2D eigenvalue weighted by Gasteiger charge is -2.38. The van der Waals surface area contributed by atoms with Crippen molar-refractivity contribution < 1.29 is 14.3 Å². The van der Waals surface area contributed by atoms with Gasteiger partial charge in [-0.15, -0.1) is 0 Å². The number of ether oxygens (including phenoxy) is 2. The first-order valence-electron chi connectivity index (χ1n) is 10.3. The van der Waals surface area contributed by atoms with Crippen LogP contribution < -0.4 is 20.3 Å². The first kappa shape index (κ1) is 21.4. The van der Waals surface area contributed by atoms with Crippen molar-refractivity contribution in [2.45, 2.75) is 52.6 Å². The van der Waals surface area contributed by atoms with Crippen LogP contribution in [-0.2, 0) is 4.79 Å². The average Bonchev–Trinajstić information content (AvgIpc) is 2.65. The predicted molar refractivity (Wildman–Crippen MR) is 122 cm³/mol. The Bertz CT molecular complexity index is 1210. The number of aromatic nitrogens is 2. The number of rotatable bonds is 4. The number of hydrogen-bond acceptors (Lipinski definition) is 6. The number of H-pyrrole nitrogens is 2. The van der Waals surface area contributed by atoms with Gasteiger partial charge in [-0.05, 0) is 55.6 Å². The molecule has 0 unspecified atom stereocenters. The van der Waals surface area contributed by atoms with Crippen LogP contribution in [0.1, 0.15) is 57.6 Å². The number of carbonyl (C=O) groups excluding carboxylic acids is 1. The summed E-state index contributed by atoms with van der Waals surface area (Å²) in [5.74, 6) is 1.20. The van der Waals surface area contributed by atoms with E-state index in [1.807, 2.05) is 32.0 Å². The Morgan fingerprint density at radius 3 is 2.55 bits per heavy atom. The largest absolute Gasteiger partial charge is 0.493 e. The zero-order valence-electron chi connectivity index (χ0n) is 18.3. The second kappa shape index (κ2) is 7.67. The van der Waals surface area contributed by atoms with Gasteiger partial charge >= 0.3 is 0 Å². The van der Waals surface area contributed by atoms with E-state index in [0.29, 0.717) is 41.3 Å². The van der Waals surface area contributed by atoms with Crippen molar-refractivity contribution in [3.63, 3.8) is 0 Å². The van der Waals surface area contributed by atoms with Gasteiger partial charge < -0.3 is 19.8 Å². The van der Waals surface area contributed by atoms with Crippen molar-refractivity contribution in [2.24, 2.45) is 5.41 Å². The molecule has 1 atom stereocenters. The number of aromatic amines is 2. The number of hydrogen-bond donors (Lipinski definition) is 3. The van der Waals surface area contributed by atoms with Gasteiger partial charge in [-0.1, -0.05) is 19.9 Å². The number of nitrogens with one attached hydrogen (secondary N) is 3. The summed E-state index contributed by atoms with van der Waals surface area (Å²) in [7, 11) is 1.58. The summed E-state index contributed by atoms with van der Waals surface area (Å²) in [6.07, 6.45) is 1.10. The normalized spacial score (nSPS) is 19.5. The van der Waals surface area contributed by atoms with Gasteiger partial charge in [0.2, 0.25) is 0 Å². The fraction of sp³-hybridized carbons (Fsp3) is 0.435. The molecule has 3 N–H and O–H groups in total. The first-order chi connectivity index (χ1) is 14.6. The molecule has 1 aliphatic carbocycles. The van der Waals surface area contributed by atoms with E-state index >= 15 is 0 Å². The zero-order valence-corrected chi connectivity index (χ0v) is 19.2. The molecule has 8 heteroatoms. The Labute approximate surface area is 185 Å². The molecule has 0 fully saturated rings. The minimum atomic E-state index is -0.535. The van der Waals surface area contributed by atoms with E-state index in [-0.39, 0.29) is 27.6 Å². The maximum absolute atomic E-state index is 13.3. The Hall–Kier alpha value is -2.87. The quantitative estimate of drug-likeness (QED) is 0.608. The Balaban J connectivity index is 1.95. The highest BCUT2D eigenvalue weighted by Gasteiger charge is 2.42. The molecule has 31 heavy (non-hydrogen) atoms. The molecule has 2 aromatic rings. The third-order valence-electron chi connectivity index (χ3n) is 5.64. The molecule has 164 valence electrons. The van der Waals surface area contributed by atoms with Gasteiger partial charge in [0.15, 0.2) is 22.1 Å². The summed E-state index contributed by atoms with van der Waals surface area (Å²) in [6, 6.07) is 5.56. The number of benzene rings is 1. The second-order valence-corrected chi connectivity index (χ2v) is 9.57. The lowest BCUT2D eigenvalue weighted by atomic mass is 9.69. The van der Waals surface area contributed by atoms with Gasteiger partial charge in [0, 0.05) is 23.6 Å². The SMILES string of the molecule is COc1cc([C@@H]2C3=C(CC(C)(C)CC3=O)Nc3[nH]c(=S)[nH]c(=O)c32)ccc1OC(C)C. The van der Waals surface area contributed by atoms with Crippen LogP contribution in [0.4, 0.5) is 5.82 Å². The van der Waals surface area contributed by atoms with Crippen LogP contribution in [0.15, 0.2) is 34.3 Å². The summed E-state index contributed by atoms with van der Waals surface area (Å²) in [5, 5.41) is 3.29.